The van der Waals surface area contributed by atoms with Crippen molar-refractivity contribution in [2.45, 2.75) is 18.9 Å². The number of hydrogen-bond acceptors (Lipinski definition) is 2. The molecule has 1 aromatic rings. The summed E-state index contributed by atoms with van der Waals surface area (Å²) in [6.07, 6.45) is 4.09. The highest BCUT2D eigenvalue weighted by molar-refractivity contribution is 5.56. The molecule has 1 fully saturated rings. The van der Waals surface area contributed by atoms with Gasteiger partial charge in [0.25, 0.3) is 0 Å². The average molecular weight is 175 g/mol. The quantitative estimate of drug-likeness (QED) is 0.684. The zero-order valence-electron chi connectivity index (χ0n) is 7.40. The van der Waals surface area contributed by atoms with Gasteiger partial charge >= 0.3 is 0 Å². The van der Waals surface area contributed by atoms with Gasteiger partial charge in [-0.25, -0.2) is 0 Å². The summed E-state index contributed by atoms with van der Waals surface area (Å²) in [6.45, 7) is 0. The van der Waals surface area contributed by atoms with Crippen LogP contribution >= 0.6 is 0 Å². The Kier molecular flexibility index (Phi) is 2.07. The second-order valence-corrected chi connectivity index (χ2v) is 3.57. The fourth-order valence-electron chi connectivity index (χ4n) is 1.58. The van der Waals surface area contributed by atoms with E-state index in [1.165, 1.54) is 5.57 Å². The lowest BCUT2D eigenvalue weighted by Crippen LogP contribution is -2.29. The van der Waals surface area contributed by atoms with Crippen molar-refractivity contribution >= 4 is 6.08 Å². The van der Waals surface area contributed by atoms with Crippen LogP contribution in [0.15, 0.2) is 29.8 Å². The van der Waals surface area contributed by atoms with Crippen molar-refractivity contribution in [3.8, 4) is 5.75 Å². The summed E-state index contributed by atoms with van der Waals surface area (Å²) >= 11 is 0. The van der Waals surface area contributed by atoms with E-state index in [4.69, 9.17) is 5.73 Å². The highest BCUT2D eigenvalue weighted by Gasteiger charge is 2.17. The van der Waals surface area contributed by atoms with E-state index in [1.807, 2.05) is 12.1 Å². The minimum atomic E-state index is 0.318. The van der Waals surface area contributed by atoms with Crippen LogP contribution in [0.25, 0.3) is 6.08 Å². The highest BCUT2D eigenvalue weighted by Crippen LogP contribution is 2.27. The van der Waals surface area contributed by atoms with E-state index < -0.39 is 0 Å². The molecule has 0 aromatic heterocycles. The standard InChI is InChI=1S/C11H13NO/c12-10-5-9(6-10)4-8-2-1-3-11(13)7-8/h1-4,7,10,13H,5-6,12H2. The molecule has 1 saturated carbocycles. The first-order chi connectivity index (χ1) is 6.24. The largest absolute Gasteiger partial charge is 0.508 e. The van der Waals surface area contributed by atoms with E-state index in [2.05, 4.69) is 6.08 Å². The Labute approximate surface area is 77.7 Å². The van der Waals surface area contributed by atoms with Crippen LogP contribution in [0.4, 0.5) is 0 Å². The van der Waals surface area contributed by atoms with Gasteiger partial charge in [-0.1, -0.05) is 23.8 Å². The van der Waals surface area contributed by atoms with Gasteiger partial charge < -0.3 is 10.8 Å². The molecule has 0 heterocycles. The van der Waals surface area contributed by atoms with E-state index in [0.29, 0.717) is 11.8 Å². The van der Waals surface area contributed by atoms with E-state index in [0.717, 1.165) is 18.4 Å². The predicted molar refractivity (Wildman–Crippen MR) is 53.3 cm³/mol. The van der Waals surface area contributed by atoms with E-state index >= 15 is 0 Å². The molecule has 0 aliphatic heterocycles. The first-order valence-corrected chi connectivity index (χ1v) is 4.48. The average Bonchev–Trinajstić information content (AvgIpc) is 2.01. The van der Waals surface area contributed by atoms with Crippen molar-refractivity contribution in [2.75, 3.05) is 0 Å². The summed E-state index contributed by atoms with van der Waals surface area (Å²) in [5.74, 6) is 0.318. The molecule has 2 heteroatoms. The molecule has 1 aliphatic carbocycles. The molecule has 0 saturated heterocycles. The van der Waals surface area contributed by atoms with Crippen molar-refractivity contribution < 1.29 is 5.11 Å². The Morgan fingerprint density at radius 3 is 2.77 bits per heavy atom. The summed E-state index contributed by atoms with van der Waals surface area (Å²) in [6, 6.07) is 7.62. The Bertz CT molecular complexity index is 336. The van der Waals surface area contributed by atoms with E-state index in [1.54, 1.807) is 12.1 Å². The zero-order chi connectivity index (χ0) is 9.26. The van der Waals surface area contributed by atoms with Crippen LogP contribution in [0.3, 0.4) is 0 Å². The Hall–Kier alpha value is -1.28. The molecule has 0 bridgehead atoms. The van der Waals surface area contributed by atoms with Gasteiger partial charge in [-0.3, -0.25) is 0 Å². The van der Waals surface area contributed by atoms with E-state index in [-0.39, 0.29) is 0 Å². The van der Waals surface area contributed by atoms with Crippen LogP contribution < -0.4 is 5.73 Å². The molecular formula is C11H13NO. The molecule has 2 rings (SSSR count). The minimum Gasteiger partial charge on any atom is -0.508 e. The monoisotopic (exact) mass is 175 g/mol. The SMILES string of the molecule is NC1CC(=Cc2cccc(O)c2)C1. The van der Waals surface area contributed by atoms with Crippen LogP contribution in [0.5, 0.6) is 5.75 Å². The summed E-state index contributed by atoms with van der Waals surface area (Å²) in [5, 5.41) is 9.21. The lowest BCUT2D eigenvalue weighted by Gasteiger charge is -2.25. The topological polar surface area (TPSA) is 46.2 Å². The number of aromatic hydroxyl groups is 1. The maximum Gasteiger partial charge on any atom is 0.116 e. The van der Waals surface area contributed by atoms with Gasteiger partial charge in [-0.05, 0) is 30.5 Å². The number of nitrogens with two attached hydrogens (primary N) is 1. The van der Waals surface area contributed by atoms with Crippen molar-refractivity contribution in [1.29, 1.82) is 0 Å². The van der Waals surface area contributed by atoms with Gasteiger partial charge in [0.1, 0.15) is 5.75 Å². The Morgan fingerprint density at radius 2 is 2.15 bits per heavy atom. The third kappa shape index (κ3) is 1.90. The van der Waals surface area contributed by atoms with Crippen LogP contribution in [0.1, 0.15) is 18.4 Å². The van der Waals surface area contributed by atoms with Crippen LogP contribution in [-0.4, -0.2) is 11.1 Å². The van der Waals surface area contributed by atoms with Crippen LogP contribution in [0.2, 0.25) is 0 Å². The number of phenols is 1. The molecule has 0 radical (unpaired) electrons. The fraction of sp³-hybridized carbons (Fsp3) is 0.273. The molecular weight excluding hydrogens is 162 g/mol. The molecule has 13 heavy (non-hydrogen) atoms. The minimum absolute atomic E-state index is 0.318. The lowest BCUT2D eigenvalue weighted by molar-refractivity contribution is 0.475. The third-order valence-electron chi connectivity index (χ3n) is 2.29. The van der Waals surface area contributed by atoms with Gasteiger partial charge in [0.2, 0.25) is 0 Å². The molecule has 1 aliphatic rings. The van der Waals surface area contributed by atoms with Gasteiger partial charge in [-0.15, -0.1) is 0 Å². The third-order valence-corrected chi connectivity index (χ3v) is 2.29. The van der Waals surface area contributed by atoms with Gasteiger partial charge in [0.05, 0.1) is 0 Å². The Morgan fingerprint density at radius 1 is 1.38 bits per heavy atom. The first kappa shape index (κ1) is 8.32. The summed E-state index contributed by atoms with van der Waals surface area (Å²) in [7, 11) is 0. The smallest absolute Gasteiger partial charge is 0.116 e. The van der Waals surface area contributed by atoms with E-state index in [9.17, 15) is 5.11 Å². The molecule has 0 unspecified atom stereocenters. The number of benzene rings is 1. The van der Waals surface area contributed by atoms with Gasteiger partial charge in [0.15, 0.2) is 0 Å². The molecule has 0 atom stereocenters. The van der Waals surface area contributed by atoms with Gasteiger partial charge in [0, 0.05) is 6.04 Å². The number of rotatable bonds is 1. The maximum absolute atomic E-state index is 9.21. The van der Waals surface area contributed by atoms with Crippen molar-refractivity contribution in [1.82, 2.24) is 0 Å². The summed E-state index contributed by atoms with van der Waals surface area (Å²) in [5.41, 5.74) is 8.09. The molecule has 0 amide bonds. The summed E-state index contributed by atoms with van der Waals surface area (Å²) in [4.78, 5) is 0. The first-order valence-electron chi connectivity index (χ1n) is 4.48. The predicted octanol–water partition coefficient (Wildman–Crippen LogP) is 1.90. The molecule has 0 spiro atoms. The van der Waals surface area contributed by atoms with Crippen molar-refractivity contribution in [3.63, 3.8) is 0 Å². The lowest BCUT2D eigenvalue weighted by atomic mass is 9.86. The highest BCUT2D eigenvalue weighted by atomic mass is 16.3. The molecule has 68 valence electrons. The fourth-order valence-corrected chi connectivity index (χ4v) is 1.58. The second kappa shape index (κ2) is 3.23. The number of phenolic OH excluding ortho intramolecular Hbond substituents is 1. The van der Waals surface area contributed by atoms with Crippen molar-refractivity contribution in [2.24, 2.45) is 5.73 Å². The normalized spacial score (nSPS) is 21.0. The van der Waals surface area contributed by atoms with Crippen LogP contribution in [-0.2, 0) is 0 Å². The van der Waals surface area contributed by atoms with Crippen LogP contribution in [0, 0.1) is 0 Å². The maximum atomic E-state index is 9.21. The molecule has 1 aromatic carbocycles. The van der Waals surface area contributed by atoms with Gasteiger partial charge in [-0.2, -0.15) is 0 Å². The Balaban J connectivity index is 2.14. The molecule has 2 nitrogen and oxygen atoms in total. The number of hydrogen-bond donors (Lipinski definition) is 2. The summed E-state index contributed by atoms with van der Waals surface area (Å²) < 4.78 is 0. The second-order valence-electron chi connectivity index (χ2n) is 3.57. The molecule has 3 N–H and O–H groups in total. The zero-order valence-corrected chi connectivity index (χ0v) is 7.40. The van der Waals surface area contributed by atoms with Crippen molar-refractivity contribution in [3.05, 3.63) is 35.4 Å².